The van der Waals surface area contributed by atoms with E-state index in [0.717, 1.165) is 0 Å². The van der Waals surface area contributed by atoms with Crippen molar-refractivity contribution in [3.63, 3.8) is 0 Å². The first-order valence-corrected chi connectivity index (χ1v) is 4.76. The molecule has 0 unspecified atom stereocenters. The van der Waals surface area contributed by atoms with Crippen LogP contribution < -0.4 is 15.4 Å². The Labute approximate surface area is 93.8 Å². The maximum Gasteiger partial charge on any atom is 0.221 e. The van der Waals surface area contributed by atoms with E-state index in [0.29, 0.717) is 17.1 Å². The van der Waals surface area contributed by atoms with Gasteiger partial charge in [0.15, 0.2) is 5.75 Å². The summed E-state index contributed by atoms with van der Waals surface area (Å²) < 4.78 is 5.15. The fourth-order valence-electron chi connectivity index (χ4n) is 1.33. The number of carbonyl (C=O) groups excluding carboxylic acids is 2. The molecule has 5 nitrogen and oxygen atoms in total. The van der Waals surface area contributed by atoms with Crippen LogP contribution in [-0.2, 0) is 9.59 Å². The van der Waals surface area contributed by atoms with Crippen molar-refractivity contribution >= 4 is 23.2 Å². The largest absolute Gasteiger partial charge is 0.492 e. The van der Waals surface area contributed by atoms with Gasteiger partial charge >= 0.3 is 0 Å². The summed E-state index contributed by atoms with van der Waals surface area (Å²) in [5.74, 6) is 0.0458. The summed E-state index contributed by atoms with van der Waals surface area (Å²) in [5.41, 5.74) is 1.06. The molecule has 2 N–H and O–H groups in total. The highest BCUT2D eigenvalue weighted by molar-refractivity contribution is 5.96. The van der Waals surface area contributed by atoms with Crippen molar-refractivity contribution in [1.29, 1.82) is 0 Å². The highest BCUT2D eigenvalue weighted by atomic mass is 16.5. The van der Waals surface area contributed by atoms with Crippen molar-refractivity contribution in [3.05, 3.63) is 18.2 Å². The van der Waals surface area contributed by atoms with E-state index in [2.05, 4.69) is 10.6 Å². The van der Waals surface area contributed by atoms with Crippen molar-refractivity contribution in [2.45, 2.75) is 13.8 Å². The fraction of sp³-hybridized carbons (Fsp3) is 0.273. The molecule has 0 heterocycles. The summed E-state index contributed by atoms with van der Waals surface area (Å²) in [6, 6.07) is 5.12. The Morgan fingerprint density at radius 2 is 1.50 bits per heavy atom. The molecule has 0 aromatic heterocycles. The molecule has 0 atom stereocenters. The number of carbonyl (C=O) groups is 2. The minimum atomic E-state index is -0.196. The Hall–Kier alpha value is -2.04. The number of rotatable bonds is 3. The first kappa shape index (κ1) is 12.0. The van der Waals surface area contributed by atoms with Gasteiger partial charge in [-0.2, -0.15) is 0 Å². The maximum atomic E-state index is 11.0. The average molecular weight is 222 g/mol. The average Bonchev–Trinajstić information content (AvgIpc) is 2.16. The molecular weight excluding hydrogens is 208 g/mol. The number of para-hydroxylation sites is 1. The smallest absolute Gasteiger partial charge is 0.221 e. The van der Waals surface area contributed by atoms with Gasteiger partial charge in [-0.1, -0.05) is 6.07 Å². The first-order chi connectivity index (χ1) is 7.54. The molecule has 1 aromatic carbocycles. The number of methoxy groups -OCH3 is 1. The molecule has 0 fully saturated rings. The molecule has 0 radical (unpaired) electrons. The predicted octanol–water partition coefficient (Wildman–Crippen LogP) is 1.61. The Balaban J connectivity index is 3.09. The lowest BCUT2D eigenvalue weighted by Gasteiger charge is -2.13. The normalized spacial score (nSPS) is 9.44. The molecule has 1 rings (SSSR count). The summed E-state index contributed by atoms with van der Waals surface area (Å²) in [5, 5.41) is 5.25. The van der Waals surface area contributed by atoms with E-state index in [1.165, 1.54) is 21.0 Å². The number of ether oxygens (including phenoxy) is 1. The summed E-state index contributed by atoms with van der Waals surface area (Å²) in [6.07, 6.45) is 0. The fourth-order valence-corrected chi connectivity index (χ4v) is 1.33. The predicted molar refractivity (Wildman–Crippen MR) is 61.6 cm³/mol. The van der Waals surface area contributed by atoms with Crippen LogP contribution >= 0.6 is 0 Å². The van der Waals surface area contributed by atoms with Gasteiger partial charge in [0.2, 0.25) is 11.8 Å². The van der Waals surface area contributed by atoms with Gasteiger partial charge in [0.25, 0.3) is 0 Å². The van der Waals surface area contributed by atoms with Gasteiger partial charge < -0.3 is 15.4 Å². The highest BCUT2D eigenvalue weighted by Gasteiger charge is 2.10. The molecule has 5 heteroatoms. The Morgan fingerprint density at radius 3 is 1.81 bits per heavy atom. The lowest BCUT2D eigenvalue weighted by Crippen LogP contribution is -2.11. The zero-order valence-corrected chi connectivity index (χ0v) is 9.46. The van der Waals surface area contributed by atoms with Gasteiger partial charge in [-0.3, -0.25) is 9.59 Å². The first-order valence-electron chi connectivity index (χ1n) is 4.76. The number of anilines is 2. The lowest BCUT2D eigenvalue weighted by atomic mass is 10.2. The summed E-state index contributed by atoms with van der Waals surface area (Å²) >= 11 is 0. The molecule has 0 spiro atoms. The van der Waals surface area contributed by atoms with E-state index in [9.17, 15) is 9.59 Å². The molecule has 0 aliphatic carbocycles. The van der Waals surface area contributed by atoms with Crippen molar-refractivity contribution in [3.8, 4) is 5.75 Å². The van der Waals surface area contributed by atoms with Crippen LogP contribution in [0, 0.1) is 0 Å². The van der Waals surface area contributed by atoms with E-state index in [-0.39, 0.29) is 11.8 Å². The van der Waals surface area contributed by atoms with Gasteiger partial charge in [0.1, 0.15) is 0 Å². The standard InChI is InChI=1S/C11H14N2O3/c1-7(14)12-9-5-4-6-10(11(9)16-3)13-8(2)15/h4-6H,1-3H3,(H,12,14)(H,13,15). The summed E-state index contributed by atoms with van der Waals surface area (Å²) in [4.78, 5) is 21.9. The number of hydrogen-bond donors (Lipinski definition) is 2. The number of hydrogen-bond acceptors (Lipinski definition) is 3. The molecule has 0 bridgehead atoms. The van der Waals surface area contributed by atoms with E-state index >= 15 is 0 Å². The topological polar surface area (TPSA) is 67.4 Å². The van der Waals surface area contributed by atoms with Gasteiger partial charge in [0.05, 0.1) is 18.5 Å². The second-order valence-corrected chi connectivity index (χ2v) is 3.25. The highest BCUT2D eigenvalue weighted by Crippen LogP contribution is 2.32. The molecule has 16 heavy (non-hydrogen) atoms. The summed E-state index contributed by atoms with van der Waals surface area (Å²) in [7, 11) is 1.48. The molecule has 0 aliphatic rings. The van der Waals surface area contributed by atoms with Crippen LogP contribution in [0.5, 0.6) is 5.75 Å². The van der Waals surface area contributed by atoms with Crippen LogP contribution in [0.2, 0.25) is 0 Å². The minimum Gasteiger partial charge on any atom is -0.492 e. The monoisotopic (exact) mass is 222 g/mol. The quantitative estimate of drug-likeness (QED) is 0.816. The third-order valence-electron chi connectivity index (χ3n) is 1.84. The number of amides is 2. The van der Waals surface area contributed by atoms with Crippen molar-refractivity contribution in [1.82, 2.24) is 0 Å². The van der Waals surface area contributed by atoms with Crippen molar-refractivity contribution in [2.75, 3.05) is 17.7 Å². The van der Waals surface area contributed by atoms with Gasteiger partial charge in [-0.25, -0.2) is 0 Å². The minimum absolute atomic E-state index is 0.196. The third-order valence-corrected chi connectivity index (χ3v) is 1.84. The van der Waals surface area contributed by atoms with Crippen molar-refractivity contribution in [2.24, 2.45) is 0 Å². The SMILES string of the molecule is COc1c(NC(C)=O)cccc1NC(C)=O. The van der Waals surface area contributed by atoms with Crippen LogP contribution in [0.3, 0.4) is 0 Å². The van der Waals surface area contributed by atoms with Gasteiger partial charge in [-0.15, -0.1) is 0 Å². The number of benzene rings is 1. The third kappa shape index (κ3) is 2.98. The van der Waals surface area contributed by atoms with Crippen LogP contribution in [0.15, 0.2) is 18.2 Å². The van der Waals surface area contributed by atoms with Crippen molar-refractivity contribution < 1.29 is 14.3 Å². The maximum absolute atomic E-state index is 11.0. The van der Waals surface area contributed by atoms with Crippen LogP contribution in [0.4, 0.5) is 11.4 Å². The lowest BCUT2D eigenvalue weighted by molar-refractivity contribution is -0.115. The molecule has 86 valence electrons. The Bertz CT molecular complexity index is 381. The summed E-state index contributed by atoms with van der Waals surface area (Å²) in [6.45, 7) is 2.81. The molecule has 0 saturated carbocycles. The second kappa shape index (κ2) is 5.16. The van der Waals surface area contributed by atoms with Gasteiger partial charge in [-0.05, 0) is 12.1 Å². The molecule has 0 aliphatic heterocycles. The zero-order valence-electron chi connectivity index (χ0n) is 9.46. The molecule has 0 saturated heterocycles. The number of nitrogens with one attached hydrogen (secondary N) is 2. The Morgan fingerprint density at radius 1 is 1.06 bits per heavy atom. The van der Waals surface area contributed by atoms with E-state index in [4.69, 9.17) is 4.74 Å². The molecular formula is C11H14N2O3. The van der Waals surface area contributed by atoms with E-state index in [1.54, 1.807) is 18.2 Å². The van der Waals surface area contributed by atoms with Gasteiger partial charge in [0, 0.05) is 13.8 Å². The van der Waals surface area contributed by atoms with E-state index in [1.807, 2.05) is 0 Å². The second-order valence-electron chi connectivity index (χ2n) is 3.25. The van der Waals surface area contributed by atoms with Crippen LogP contribution in [0.1, 0.15) is 13.8 Å². The molecule has 2 amide bonds. The van der Waals surface area contributed by atoms with E-state index < -0.39 is 0 Å². The van der Waals surface area contributed by atoms with Crippen LogP contribution in [-0.4, -0.2) is 18.9 Å². The Kier molecular flexibility index (Phi) is 3.88. The van der Waals surface area contributed by atoms with Crippen LogP contribution in [0.25, 0.3) is 0 Å². The zero-order chi connectivity index (χ0) is 12.1. The molecule has 1 aromatic rings.